The van der Waals surface area contributed by atoms with Gasteiger partial charge in [-0.15, -0.1) is 0 Å². The van der Waals surface area contributed by atoms with Crippen LogP contribution in [0.2, 0.25) is 0 Å². The molecule has 1 saturated heterocycles. The summed E-state index contributed by atoms with van der Waals surface area (Å²) in [5, 5.41) is 20.1. The number of hydrogen-bond donors (Lipinski definition) is 1. The van der Waals surface area contributed by atoms with Crippen LogP contribution in [0.4, 0.5) is 0 Å². The van der Waals surface area contributed by atoms with Gasteiger partial charge < -0.3 is 19.3 Å². The van der Waals surface area contributed by atoms with E-state index in [1.165, 1.54) is 7.11 Å². The van der Waals surface area contributed by atoms with E-state index in [2.05, 4.69) is 6.07 Å². The number of methoxy groups -OCH3 is 2. The quantitative estimate of drug-likeness (QED) is 0.912. The molecule has 0 spiro atoms. The number of nitriles is 1. The van der Waals surface area contributed by atoms with Crippen LogP contribution in [-0.2, 0) is 4.74 Å². The van der Waals surface area contributed by atoms with Crippen LogP contribution >= 0.6 is 0 Å². The smallest absolute Gasteiger partial charge is 0.128 e. The first kappa shape index (κ1) is 14.6. The van der Waals surface area contributed by atoms with Gasteiger partial charge in [0.15, 0.2) is 0 Å². The lowest BCUT2D eigenvalue weighted by Gasteiger charge is -2.35. The average Bonchev–Trinajstić information content (AvgIpc) is 2.54. The third-order valence-electron chi connectivity index (χ3n) is 3.75. The predicted octanol–water partition coefficient (Wildman–Crippen LogP) is 2.06. The molecule has 1 aliphatic heterocycles. The van der Waals surface area contributed by atoms with E-state index in [9.17, 15) is 10.4 Å². The summed E-state index contributed by atoms with van der Waals surface area (Å²) < 4.78 is 15.8. The van der Waals surface area contributed by atoms with Crippen molar-refractivity contribution in [2.45, 2.75) is 18.9 Å². The Balaban J connectivity index is 2.36. The zero-order valence-electron chi connectivity index (χ0n) is 11.8. The maximum atomic E-state index is 10.6. The van der Waals surface area contributed by atoms with Crippen molar-refractivity contribution in [2.75, 3.05) is 27.4 Å². The highest BCUT2D eigenvalue weighted by molar-refractivity contribution is 5.43. The average molecular weight is 277 g/mol. The number of ether oxygens (including phenoxy) is 3. The van der Waals surface area contributed by atoms with Gasteiger partial charge in [0.2, 0.25) is 0 Å². The second kappa shape index (κ2) is 6.12. The minimum atomic E-state index is -0.950. The maximum Gasteiger partial charge on any atom is 0.128 e. The molecule has 1 aromatic rings. The van der Waals surface area contributed by atoms with Crippen molar-refractivity contribution in [2.24, 2.45) is 5.41 Å². The highest BCUT2D eigenvalue weighted by Crippen LogP contribution is 2.43. The predicted molar refractivity (Wildman–Crippen MR) is 72.6 cm³/mol. The maximum absolute atomic E-state index is 10.6. The molecule has 0 bridgehead atoms. The largest absolute Gasteiger partial charge is 0.497 e. The van der Waals surface area contributed by atoms with Crippen molar-refractivity contribution >= 4 is 0 Å². The Bertz CT molecular complexity index is 503. The molecule has 2 rings (SSSR count). The van der Waals surface area contributed by atoms with Crippen LogP contribution in [-0.4, -0.2) is 32.5 Å². The molecule has 0 aliphatic carbocycles. The lowest BCUT2D eigenvalue weighted by molar-refractivity contribution is -0.0512. The van der Waals surface area contributed by atoms with Gasteiger partial charge in [0, 0.05) is 18.2 Å². The molecular weight excluding hydrogens is 258 g/mol. The first-order chi connectivity index (χ1) is 9.66. The Morgan fingerprint density at radius 1 is 1.40 bits per heavy atom. The molecule has 1 heterocycles. The molecule has 1 fully saturated rings. The molecule has 5 heteroatoms. The summed E-state index contributed by atoms with van der Waals surface area (Å²) in [6.07, 6.45) is 0.428. The van der Waals surface area contributed by atoms with E-state index in [-0.39, 0.29) is 6.61 Å². The van der Waals surface area contributed by atoms with E-state index in [1.54, 1.807) is 25.3 Å². The first-order valence-electron chi connectivity index (χ1n) is 6.56. The molecule has 2 unspecified atom stereocenters. The van der Waals surface area contributed by atoms with Gasteiger partial charge in [0.25, 0.3) is 0 Å². The summed E-state index contributed by atoms with van der Waals surface area (Å²) in [7, 11) is 3.10. The molecule has 5 nitrogen and oxygen atoms in total. The van der Waals surface area contributed by atoms with Crippen molar-refractivity contribution in [3.8, 4) is 17.6 Å². The third-order valence-corrected chi connectivity index (χ3v) is 3.75. The SMILES string of the molecule is COc1ccc(C(O)C2(C#N)CCCOC2)c(OC)c1. The van der Waals surface area contributed by atoms with Gasteiger partial charge in [-0.1, -0.05) is 0 Å². The van der Waals surface area contributed by atoms with Crippen molar-refractivity contribution < 1.29 is 19.3 Å². The Kier molecular flexibility index (Phi) is 4.48. The van der Waals surface area contributed by atoms with Gasteiger partial charge in [-0.3, -0.25) is 0 Å². The molecule has 1 N–H and O–H groups in total. The number of benzene rings is 1. The molecule has 108 valence electrons. The fourth-order valence-electron chi connectivity index (χ4n) is 2.52. The normalized spacial score (nSPS) is 23.7. The Labute approximate surface area is 118 Å². The summed E-state index contributed by atoms with van der Waals surface area (Å²) in [5.74, 6) is 1.15. The first-order valence-corrected chi connectivity index (χ1v) is 6.56. The van der Waals surface area contributed by atoms with Gasteiger partial charge in [-0.2, -0.15) is 5.26 Å². The second-order valence-corrected chi connectivity index (χ2v) is 4.93. The van der Waals surface area contributed by atoms with Crippen LogP contribution in [0.3, 0.4) is 0 Å². The number of hydrogen-bond acceptors (Lipinski definition) is 5. The molecule has 20 heavy (non-hydrogen) atoms. The fraction of sp³-hybridized carbons (Fsp3) is 0.533. The van der Waals surface area contributed by atoms with E-state index in [1.807, 2.05) is 0 Å². The van der Waals surface area contributed by atoms with Gasteiger partial charge in [-0.05, 0) is 25.0 Å². The van der Waals surface area contributed by atoms with Crippen LogP contribution in [0.1, 0.15) is 24.5 Å². The molecule has 0 saturated carbocycles. The van der Waals surface area contributed by atoms with Crippen LogP contribution in [0, 0.1) is 16.7 Å². The van der Waals surface area contributed by atoms with Gasteiger partial charge in [0.1, 0.15) is 23.0 Å². The van der Waals surface area contributed by atoms with Crippen LogP contribution in [0.25, 0.3) is 0 Å². The highest BCUT2D eigenvalue weighted by atomic mass is 16.5. The van der Waals surface area contributed by atoms with Gasteiger partial charge in [-0.25, -0.2) is 0 Å². The number of nitrogens with zero attached hydrogens (tertiary/aromatic N) is 1. The number of aliphatic hydroxyl groups excluding tert-OH is 1. The second-order valence-electron chi connectivity index (χ2n) is 4.93. The van der Waals surface area contributed by atoms with Gasteiger partial charge in [0.05, 0.1) is 26.9 Å². The molecule has 0 radical (unpaired) electrons. The lowest BCUT2D eigenvalue weighted by atomic mass is 9.76. The minimum absolute atomic E-state index is 0.236. The van der Waals surface area contributed by atoms with Crippen molar-refractivity contribution in [1.29, 1.82) is 5.26 Å². The van der Waals surface area contributed by atoms with Crippen LogP contribution < -0.4 is 9.47 Å². The Hall–Kier alpha value is -1.77. The molecule has 2 atom stereocenters. The van der Waals surface area contributed by atoms with Gasteiger partial charge >= 0.3 is 0 Å². The lowest BCUT2D eigenvalue weighted by Crippen LogP contribution is -2.36. The van der Waals surface area contributed by atoms with Crippen LogP contribution in [0.5, 0.6) is 11.5 Å². The summed E-state index contributed by atoms with van der Waals surface area (Å²) >= 11 is 0. The molecular formula is C15H19NO4. The zero-order chi connectivity index (χ0) is 14.6. The van der Waals surface area contributed by atoms with E-state index < -0.39 is 11.5 Å². The van der Waals surface area contributed by atoms with E-state index >= 15 is 0 Å². The molecule has 0 amide bonds. The Morgan fingerprint density at radius 3 is 2.75 bits per heavy atom. The molecule has 1 aromatic carbocycles. The van der Waals surface area contributed by atoms with Crippen molar-refractivity contribution in [1.82, 2.24) is 0 Å². The third kappa shape index (κ3) is 2.58. The summed E-state index contributed by atoms with van der Waals surface area (Å²) in [6.45, 7) is 0.871. The van der Waals surface area contributed by atoms with Crippen molar-refractivity contribution in [3.05, 3.63) is 23.8 Å². The van der Waals surface area contributed by atoms with Crippen molar-refractivity contribution in [3.63, 3.8) is 0 Å². The molecule has 1 aliphatic rings. The van der Waals surface area contributed by atoms with E-state index in [0.29, 0.717) is 30.1 Å². The Morgan fingerprint density at radius 2 is 2.20 bits per heavy atom. The molecule has 0 aromatic heterocycles. The topological polar surface area (TPSA) is 71.7 Å². The van der Waals surface area contributed by atoms with E-state index in [4.69, 9.17) is 14.2 Å². The highest BCUT2D eigenvalue weighted by Gasteiger charge is 2.42. The zero-order valence-corrected chi connectivity index (χ0v) is 11.8. The monoisotopic (exact) mass is 277 g/mol. The summed E-state index contributed by atoms with van der Waals surface area (Å²) in [4.78, 5) is 0. The fourth-order valence-corrected chi connectivity index (χ4v) is 2.52. The summed E-state index contributed by atoms with van der Waals surface area (Å²) in [6, 6.07) is 7.41. The minimum Gasteiger partial charge on any atom is -0.497 e. The van der Waals surface area contributed by atoms with Crippen LogP contribution in [0.15, 0.2) is 18.2 Å². The van der Waals surface area contributed by atoms with E-state index in [0.717, 1.165) is 6.42 Å². The standard InChI is InChI=1S/C15H19NO4/c1-18-11-4-5-12(13(8-11)19-2)14(17)15(9-16)6-3-7-20-10-15/h4-5,8,14,17H,3,6-7,10H2,1-2H3. The number of rotatable bonds is 4. The number of aliphatic hydroxyl groups is 1. The summed E-state index contributed by atoms with van der Waals surface area (Å²) in [5.41, 5.74) is -0.333.